The summed E-state index contributed by atoms with van der Waals surface area (Å²) in [4.78, 5) is 36.3. The van der Waals surface area contributed by atoms with Gasteiger partial charge in [-0.15, -0.1) is 6.58 Å². The van der Waals surface area contributed by atoms with Gasteiger partial charge in [0.05, 0.1) is 29.9 Å². The maximum atomic E-state index is 15.5. The van der Waals surface area contributed by atoms with Crippen LogP contribution in [0.2, 0.25) is 0 Å². The van der Waals surface area contributed by atoms with Crippen LogP contribution in [-0.4, -0.2) is 71.6 Å². The summed E-state index contributed by atoms with van der Waals surface area (Å²) in [6.07, 6.45) is 7.84. The van der Waals surface area contributed by atoms with Gasteiger partial charge in [0.2, 0.25) is 5.79 Å². The average molecular weight is 903 g/mol. The van der Waals surface area contributed by atoms with Crippen LogP contribution in [0.3, 0.4) is 0 Å². The van der Waals surface area contributed by atoms with Crippen molar-refractivity contribution in [3.8, 4) is 17.6 Å². The van der Waals surface area contributed by atoms with E-state index in [9.17, 15) is 20.3 Å². The summed E-state index contributed by atoms with van der Waals surface area (Å²) >= 11 is 0. The highest BCUT2D eigenvalue weighted by molar-refractivity contribution is 6.03. The number of nitriles is 1. The topological polar surface area (TPSA) is 163 Å². The minimum absolute atomic E-state index is 0.00830. The number of oxime groups is 1. The third-order valence-electron chi connectivity index (χ3n) is 13.5. The maximum Gasteiger partial charge on any atom is 0.412 e. The SMILES string of the molecule is C=CCOC12Oc3ccc(OC(=O)NCc4ccccc4)cc3C3C(CCCCO)C(CCCCO)C=C(C(=NOC)CC1N(Cc1cccc4ccccc14)C(=O)c1ccc(C#N)cc1)C32. The zero-order valence-corrected chi connectivity index (χ0v) is 37.9. The van der Waals surface area contributed by atoms with Crippen LogP contribution in [-0.2, 0) is 22.7 Å². The summed E-state index contributed by atoms with van der Waals surface area (Å²) in [5.41, 5.74) is 5.02. The van der Waals surface area contributed by atoms with E-state index in [0.717, 1.165) is 58.7 Å². The Labute approximate surface area is 392 Å². The zero-order valence-electron chi connectivity index (χ0n) is 37.9. The molecular formula is C55H58N4O8. The fourth-order valence-corrected chi connectivity index (χ4v) is 10.5. The number of rotatable bonds is 19. The highest BCUT2D eigenvalue weighted by atomic mass is 16.7. The average Bonchev–Trinajstić information content (AvgIpc) is 3.36. The lowest BCUT2D eigenvalue weighted by Crippen LogP contribution is -2.70. The second kappa shape index (κ2) is 21.7. The molecule has 6 unspecified atom stereocenters. The number of hydrogen-bond acceptors (Lipinski definition) is 10. The Hall–Kier alpha value is -6.78. The number of aliphatic hydroxyl groups excluding tert-OH is 2. The normalized spacial score (nSPS) is 22.0. The maximum absolute atomic E-state index is 15.5. The highest BCUT2D eigenvalue weighted by Crippen LogP contribution is 2.62. The third-order valence-corrected chi connectivity index (χ3v) is 13.5. The van der Waals surface area contributed by atoms with Crippen LogP contribution >= 0.6 is 0 Å². The molecule has 0 saturated heterocycles. The van der Waals surface area contributed by atoms with Crippen LogP contribution in [0.5, 0.6) is 11.5 Å². The van der Waals surface area contributed by atoms with Gasteiger partial charge in [-0.1, -0.05) is 103 Å². The molecule has 1 heterocycles. The predicted molar refractivity (Wildman–Crippen MR) is 256 cm³/mol. The van der Waals surface area contributed by atoms with Gasteiger partial charge in [-0.3, -0.25) is 4.79 Å². The molecule has 0 spiro atoms. The molecule has 1 aliphatic heterocycles. The van der Waals surface area contributed by atoms with Crippen molar-refractivity contribution in [2.45, 2.75) is 75.8 Å². The Morgan fingerprint density at radius 1 is 0.940 bits per heavy atom. The van der Waals surface area contributed by atoms with Gasteiger partial charge in [-0.2, -0.15) is 5.26 Å². The molecule has 2 aliphatic carbocycles. The second-order valence-electron chi connectivity index (χ2n) is 17.4. The van der Waals surface area contributed by atoms with Crippen molar-refractivity contribution in [2.75, 3.05) is 26.9 Å². The number of benzene rings is 5. The van der Waals surface area contributed by atoms with Gasteiger partial charge in [-0.05, 0) is 107 Å². The first-order valence-corrected chi connectivity index (χ1v) is 23.2. The molecule has 0 bridgehead atoms. The Morgan fingerprint density at radius 2 is 1.69 bits per heavy atom. The molecule has 346 valence electrons. The van der Waals surface area contributed by atoms with Gasteiger partial charge in [0.1, 0.15) is 24.7 Å². The molecule has 0 aromatic heterocycles. The van der Waals surface area contributed by atoms with Crippen molar-refractivity contribution < 1.29 is 38.9 Å². The molecule has 12 heteroatoms. The van der Waals surface area contributed by atoms with Crippen molar-refractivity contribution in [1.29, 1.82) is 5.26 Å². The largest absolute Gasteiger partial charge is 0.459 e. The lowest BCUT2D eigenvalue weighted by Gasteiger charge is -2.60. The first-order valence-electron chi connectivity index (χ1n) is 23.2. The number of hydrogen-bond donors (Lipinski definition) is 3. The summed E-state index contributed by atoms with van der Waals surface area (Å²) in [5.74, 6) is -1.91. The van der Waals surface area contributed by atoms with Crippen molar-refractivity contribution in [3.63, 3.8) is 0 Å². The molecule has 0 radical (unpaired) electrons. The van der Waals surface area contributed by atoms with E-state index in [-0.39, 0.29) is 63.0 Å². The summed E-state index contributed by atoms with van der Waals surface area (Å²) < 4.78 is 20.6. The van der Waals surface area contributed by atoms with Gasteiger partial charge >= 0.3 is 6.09 Å². The summed E-state index contributed by atoms with van der Waals surface area (Å²) in [5, 5.41) is 39.3. The molecule has 5 aromatic carbocycles. The van der Waals surface area contributed by atoms with Gasteiger partial charge in [-0.25, -0.2) is 4.79 Å². The van der Waals surface area contributed by atoms with E-state index in [4.69, 9.17) is 24.2 Å². The zero-order chi connectivity index (χ0) is 46.8. The molecule has 1 saturated carbocycles. The van der Waals surface area contributed by atoms with E-state index in [1.165, 1.54) is 7.11 Å². The molecule has 3 aliphatic rings. The molecule has 8 rings (SSSR count). The third kappa shape index (κ3) is 10.0. The number of fused-ring (bicyclic) bond motifs is 3. The monoisotopic (exact) mass is 902 g/mol. The van der Waals surface area contributed by atoms with Crippen molar-refractivity contribution in [1.82, 2.24) is 10.2 Å². The van der Waals surface area contributed by atoms with E-state index in [2.05, 4.69) is 30.1 Å². The first-order chi connectivity index (χ1) is 32.8. The molecule has 12 nitrogen and oxygen atoms in total. The Kier molecular flexibility index (Phi) is 15.1. The van der Waals surface area contributed by atoms with E-state index >= 15 is 4.79 Å². The van der Waals surface area contributed by atoms with E-state index in [0.29, 0.717) is 41.2 Å². The van der Waals surface area contributed by atoms with Crippen LogP contribution in [0, 0.1) is 29.1 Å². The lowest BCUT2D eigenvalue weighted by molar-refractivity contribution is -0.255. The number of ether oxygens (including phenoxy) is 3. The van der Waals surface area contributed by atoms with Crippen LogP contribution in [0.15, 0.2) is 145 Å². The number of nitrogens with one attached hydrogen (secondary N) is 1. The Bertz CT molecular complexity index is 2640. The summed E-state index contributed by atoms with van der Waals surface area (Å²) in [6.45, 7) is 4.73. The Balaban J connectivity index is 1.32. The van der Waals surface area contributed by atoms with Crippen LogP contribution in [0.25, 0.3) is 10.8 Å². The van der Waals surface area contributed by atoms with Crippen molar-refractivity contribution in [3.05, 3.63) is 167 Å². The molecule has 67 heavy (non-hydrogen) atoms. The van der Waals surface area contributed by atoms with E-state index in [1.807, 2.05) is 83.8 Å². The van der Waals surface area contributed by atoms with Gasteiger partial charge in [0.15, 0.2) is 0 Å². The van der Waals surface area contributed by atoms with Crippen molar-refractivity contribution >= 4 is 28.5 Å². The number of carbonyl (C=O) groups excluding carboxylic acids is 2. The van der Waals surface area contributed by atoms with Crippen molar-refractivity contribution in [2.24, 2.45) is 22.9 Å². The minimum Gasteiger partial charge on any atom is -0.459 e. The fourth-order valence-electron chi connectivity index (χ4n) is 10.5. The minimum atomic E-state index is -1.53. The molecular weight excluding hydrogens is 845 g/mol. The van der Waals surface area contributed by atoms with Gasteiger partial charge in [0, 0.05) is 49.8 Å². The lowest BCUT2D eigenvalue weighted by atomic mass is 9.55. The standard InChI is InChI=1S/C55H58N4O8/c1-3-30-65-55-50(59(53(62)40-24-22-37(34-56)23-25-40)36-42-19-13-18-39-16-7-8-20-44(39)42)33-48(58-64-2)46-31-41(17-9-11-28-60)45(21-10-12-29-61)51(52(46)55)47-32-43(26-27-49(47)67-55)66-54(63)57-35-38-14-5-4-6-15-38/h3-8,13-16,18-20,22-27,31-32,41,45,50-52,60-61H,1,9-12,17,21,28-30,33,35-36H2,2H3,(H,57,63). The molecule has 5 aromatic rings. The van der Waals surface area contributed by atoms with Crippen LogP contribution in [0.1, 0.15) is 83.5 Å². The second-order valence-corrected chi connectivity index (χ2v) is 17.4. The molecule has 6 atom stereocenters. The van der Waals surface area contributed by atoms with Gasteiger partial charge in [0.25, 0.3) is 5.91 Å². The smallest absolute Gasteiger partial charge is 0.412 e. The fraction of sp³-hybridized carbons (Fsp3) is 0.345. The highest BCUT2D eigenvalue weighted by Gasteiger charge is 2.65. The first kappa shape index (κ1) is 46.7. The van der Waals surface area contributed by atoms with Crippen LogP contribution < -0.4 is 14.8 Å². The number of aliphatic hydroxyl groups is 2. The summed E-state index contributed by atoms with van der Waals surface area (Å²) in [6, 6.07) is 37.2. The quantitative estimate of drug-likeness (QED) is 0.0416. The number of nitrogens with zero attached hydrogens (tertiary/aromatic N) is 3. The number of carbonyl (C=O) groups is 2. The van der Waals surface area contributed by atoms with Crippen LogP contribution in [0.4, 0.5) is 4.79 Å². The number of allylic oxidation sites excluding steroid dienone is 1. The molecule has 3 N–H and O–H groups in total. The molecule has 1 fully saturated rings. The predicted octanol–water partition coefficient (Wildman–Crippen LogP) is 9.61. The number of unbranched alkanes of at least 4 members (excludes halogenated alkanes) is 2. The number of amides is 2. The van der Waals surface area contributed by atoms with E-state index < -0.39 is 23.8 Å². The summed E-state index contributed by atoms with van der Waals surface area (Å²) in [7, 11) is 1.52. The Morgan fingerprint density at radius 3 is 2.43 bits per heavy atom. The molecule has 2 amide bonds. The van der Waals surface area contributed by atoms with Gasteiger partial charge < -0.3 is 39.5 Å². The van der Waals surface area contributed by atoms with E-state index in [1.54, 1.807) is 36.4 Å².